The van der Waals surface area contributed by atoms with Crippen molar-refractivity contribution in [3.63, 3.8) is 0 Å². The highest BCUT2D eigenvalue weighted by atomic mass is 16.2. The zero-order valence-electron chi connectivity index (χ0n) is 13.6. The summed E-state index contributed by atoms with van der Waals surface area (Å²) in [6, 6.07) is 16.5. The second-order valence-corrected chi connectivity index (χ2v) is 5.67. The van der Waals surface area contributed by atoms with Gasteiger partial charge in [0.15, 0.2) is 5.69 Å². The number of nitrogens with zero attached hydrogens (tertiary/aromatic N) is 1. The van der Waals surface area contributed by atoms with Crippen molar-refractivity contribution >= 4 is 34.1 Å². The van der Waals surface area contributed by atoms with E-state index in [1.165, 1.54) is 6.20 Å². The Morgan fingerprint density at radius 1 is 0.846 bits per heavy atom. The Morgan fingerprint density at radius 3 is 2.46 bits per heavy atom. The Balaban J connectivity index is 1.55. The van der Waals surface area contributed by atoms with E-state index in [4.69, 9.17) is 0 Å². The molecule has 4 N–H and O–H groups in total. The maximum absolute atomic E-state index is 12.6. The summed E-state index contributed by atoms with van der Waals surface area (Å²) >= 11 is 0. The van der Waals surface area contributed by atoms with Crippen LogP contribution < -0.4 is 10.6 Å². The van der Waals surface area contributed by atoms with Crippen molar-refractivity contribution in [2.45, 2.75) is 0 Å². The molecule has 0 atom stereocenters. The number of hydrogen-bond acceptors (Lipinski definition) is 3. The minimum absolute atomic E-state index is 0.113. The van der Waals surface area contributed by atoms with E-state index in [1.807, 2.05) is 42.5 Å². The van der Waals surface area contributed by atoms with E-state index in [1.54, 1.807) is 18.3 Å². The molecule has 2 amide bonds. The Hall–Kier alpha value is -3.87. The lowest BCUT2D eigenvalue weighted by atomic mass is 10.1. The summed E-state index contributed by atoms with van der Waals surface area (Å²) in [7, 11) is 0. The molecule has 0 spiro atoms. The van der Waals surface area contributed by atoms with E-state index in [0.717, 1.165) is 10.9 Å². The minimum Gasteiger partial charge on any atom is -0.360 e. The normalized spacial score (nSPS) is 10.6. The molecule has 2 heterocycles. The fourth-order valence-electron chi connectivity index (χ4n) is 2.72. The van der Waals surface area contributed by atoms with Crippen LogP contribution >= 0.6 is 0 Å². The van der Waals surface area contributed by atoms with Crippen LogP contribution in [0.5, 0.6) is 0 Å². The summed E-state index contributed by atoms with van der Waals surface area (Å²) < 4.78 is 0. The van der Waals surface area contributed by atoms with E-state index in [0.29, 0.717) is 16.9 Å². The monoisotopic (exact) mass is 345 g/mol. The first-order chi connectivity index (χ1) is 12.7. The highest BCUT2D eigenvalue weighted by molar-refractivity contribution is 6.15. The van der Waals surface area contributed by atoms with Crippen molar-refractivity contribution in [1.82, 2.24) is 15.2 Å². The first kappa shape index (κ1) is 15.6. The third-order valence-electron chi connectivity index (χ3n) is 3.97. The number of rotatable bonds is 4. The molecule has 0 aliphatic carbocycles. The van der Waals surface area contributed by atoms with E-state index in [-0.39, 0.29) is 11.6 Å². The summed E-state index contributed by atoms with van der Waals surface area (Å²) in [4.78, 5) is 28.1. The van der Waals surface area contributed by atoms with Crippen LogP contribution in [0.25, 0.3) is 10.9 Å². The number of anilines is 2. The molecule has 7 heteroatoms. The van der Waals surface area contributed by atoms with Crippen LogP contribution in [-0.4, -0.2) is 27.0 Å². The zero-order valence-corrected chi connectivity index (χ0v) is 13.6. The van der Waals surface area contributed by atoms with E-state index in [2.05, 4.69) is 25.8 Å². The number of nitrogens with one attached hydrogen (secondary N) is 4. The molecular formula is C19H15N5O2. The molecule has 4 aromatic rings. The largest absolute Gasteiger partial charge is 0.360 e. The number of H-pyrrole nitrogens is 2. The molecule has 0 radical (unpaired) electrons. The molecule has 0 aliphatic heterocycles. The smallest absolute Gasteiger partial charge is 0.278 e. The lowest BCUT2D eigenvalue weighted by molar-refractivity contribution is 0.102. The first-order valence-corrected chi connectivity index (χ1v) is 8.00. The van der Waals surface area contributed by atoms with Gasteiger partial charge in [-0.2, -0.15) is 5.10 Å². The quantitative estimate of drug-likeness (QED) is 0.456. The van der Waals surface area contributed by atoms with Crippen molar-refractivity contribution < 1.29 is 9.59 Å². The maximum atomic E-state index is 12.6. The third kappa shape index (κ3) is 2.93. The summed E-state index contributed by atoms with van der Waals surface area (Å²) in [5.41, 5.74) is 2.44. The lowest BCUT2D eigenvalue weighted by Gasteiger charge is -2.06. The van der Waals surface area contributed by atoms with E-state index < -0.39 is 5.91 Å². The van der Waals surface area contributed by atoms with Crippen molar-refractivity contribution in [2.75, 3.05) is 10.6 Å². The summed E-state index contributed by atoms with van der Waals surface area (Å²) in [5.74, 6) is -0.732. The molecule has 7 nitrogen and oxygen atoms in total. The Labute approximate surface area is 148 Å². The number of benzene rings is 2. The number of aromatic amines is 2. The fraction of sp³-hybridized carbons (Fsp3) is 0. The van der Waals surface area contributed by atoms with Gasteiger partial charge in [0.05, 0.1) is 11.3 Å². The van der Waals surface area contributed by atoms with Crippen molar-refractivity contribution in [3.8, 4) is 0 Å². The second-order valence-electron chi connectivity index (χ2n) is 5.67. The van der Waals surface area contributed by atoms with Gasteiger partial charge in [-0.3, -0.25) is 14.7 Å². The highest BCUT2D eigenvalue weighted by Gasteiger charge is 2.19. The van der Waals surface area contributed by atoms with Crippen molar-refractivity contribution in [1.29, 1.82) is 0 Å². The molecule has 26 heavy (non-hydrogen) atoms. The molecule has 0 aliphatic rings. The summed E-state index contributed by atoms with van der Waals surface area (Å²) in [6.45, 7) is 0. The predicted octanol–water partition coefficient (Wildman–Crippen LogP) is 3.40. The van der Waals surface area contributed by atoms with E-state index >= 15 is 0 Å². The number of para-hydroxylation sites is 2. The van der Waals surface area contributed by atoms with Crippen LogP contribution in [-0.2, 0) is 0 Å². The summed E-state index contributed by atoms with van der Waals surface area (Å²) in [5, 5.41) is 12.9. The number of aromatic nitrogens is 3. The Morgan fingerprint density at radius 2 is 1.62 bits per heavy atom. The summed E-state index contributed by atoms with van der Waals surface area (Å²) in [6.07, 6.45) is 3.12. The molecule has 0 unspecified atom stereocenters. The van der Waals surface area contributed by atoms with Crippen LogP contribution in [0.15, 0.2) is 67.0 Å². The van der Waals surface area contributed by atoms with Gasteiger partial charge in [0.2, 0.25) is 0 Å². The topological polar surface area (TPSA) is 103 Å². The fourth-order valence-corrected chi connectivity index (χ4v) is 2.72. The van der Waals surface area contributed by atoms with Gasteiger partial charge in [0.25, 0.3) is 11.8 Å². The molecule has 2 aromatic carbocycles. The van der Waals surface area contributed by atoms with Crippen molar-refractivity contribution in [3.05, 3.63) is 78.2 Å². The molecule has 4 rings (SSSR count). The van der Waals surface area contributed by atoms with Gasteiger partial charge in [-0.15, -0.1) is 0 Å². The standard InChI is InChI=1S/C19H15N5O2/c25-18(14-10-20-15-9-5-4-8-13(14)15)23-16-11-21-24-17(16)19(26)22-12-6-2-1-3-7-12/h1-11,20H,(H,21,24)(H,22,26)(H,23,25). The maximum Gasteiger partial charge on any atom is 0.278 e. The molecule has 0 saturated carbocycles. The predicted molar refractivity (Wildman–Crippen MR) is 99.2 cm³/mol. The van der Waals surface area contributed by atoms with Gasteiger partial charge in [-0.1, -0.05) is 36.4 Å². The lowest BCUT2D eigenvalue weighted by Crippen LogP contribution is -2.17. The molecule has 128 valence electrons. The second kappa shape index (κ2) is 6.56. The van der Waals surface area contributed by atoms with Gasteiger partial charge in [0, 0.05) is 29.0 Å². The molecule has 2 aromatic heterocycles. The van der Waals surface area contributed by atoms with Gasteiger partial charge in [-0.05, 0) is 18.2 Å². The Bertz CT molecular complexity index is 1080. The van der Waals surface area contributed by atoms with Crippen LogP contribution in [0.1, 0.15) is 20.8 Å². The Kier molecular flexibility index (Phi) is 3.95. The first-order valence-electron chi connectivity index (χ1n) is 8.00. The SMILES string of the molecule is O=C(Nc1ccccc1)c1n[nH]cc1NC(=O)c1c[nH]c2ccccc12. The number of amides is 2. The number of fused-ring (bicyclic) bond motifs is 1. The molecule has 0 fully saturated rings. The van der Waals surface area contributed by atoms with Crippen LogP contribution in [0.3, 0.4) is 0 Å². The average molecular weight is 345 g/mol. The van der Waals surface area contributed by atoms with Gasteiger partial charge in [-0.25, -0.2) is 0 Å². The van der Waals surface area contributed by atoms with Crippen LogP contribution in [0.4, 0.5) is 11.4 Å². The molecule has 0 saturated heterocycles. The third-order valence-corrected chi connectivity index (χ3v) is 3.97. The number of carbonyl (C=O) groups excluding carboxylic acids is 2. The van der Waals surface area contributed by atoms with Gasteiger partial charge in [0.1, 0.15) is 0 Å². The van der Waals surface area contributed by atoms with E-state index in [9.17, 15) is 9.59 Å². The van der Waals surface area contributed by atoms with Crippen LogP contribution in [0, 0.1) is 0 Å². The van der Waals surface area contributed by atoms with Crippen molar-refractivity contribution in [2.24, 2.45) is 0 Å². The average Bonchev–Trinajstić information content (AvgIpc) is 3.29. The van der Waals surface area contributed by atoms with Gasteiger partial charge >= 0.3 is 0 Å². The number of carbonyl (C=O) groups is 2. The number of hydrogen-bond donors (Lipinski definition) is 4. The minimum atomic E-state index is -0.410. The molecule has 0 bridgehead atoms. The highest BCUT2D eigenvalue weighted by Crippen LogP contribution is 2.20. The molecular weight excluding hydrogens is 330 g/mol. The van der Waals surface area contributed by atoms with Crippen LogP contribution in [0.2, 0.25) is 0 Å². The van der Waals surface area contributed by atoms with Gasteiger partial charge < -0.3 is 15.6 Å². The zero-order chi connectivity index (χ0) is 17.9.